The number of amides is 7. The number of likely N-dealkylation sites (tertiary alicyclic amines) is 1. The SMILES string of the molecule is CC(C)C[C@H](C(=O)N[C@H](C)C(N)=O)N1C[C@@H](NC(=O)[C@H](NC(=O)[C@H](NC(=O)[C@@H](Cc2ccc(O)cc2)NC(=O)[C@H](N)CCCN=C(N)N)[C@@H](C)O)C(C)C)CC1=O. The molecule has 0 saturated carbocycles. The zero-order chi connectivity index (χ0) is 43.1. The number of aliphatic hydroxyl groups is 1. The number of carbonyl (C=O) groups excluding carboxylic acids is 7. The van der Waals surface area contributed by atoms with Crippen LogP contribution in [0.2, 0.25) is 0 Å². The maximum Gasteiger partial charge on any atom is 0.245 e. The van der Waals surface area contributed by atoms with Crippen LogP contribution in [0.1, 0.15) is 72.8 Å². The summed E-state index contributed by atoms with van der Waals surface area (Å²) in [4.78, 5) is 97.1. The van der Waals surface area contributed by atoms with Crippen LogP contribution in [0.15, 0.2) is 29.3 Å². The number of aliphatic hydroxyl groups excluding tert-OH is 1. The monoisotopic (exact) mass is 803 g/mol. The van der Waals surface area contributed by atoms with E-state index in [0.29, 0.717) is 12.0 Å². The molecule has 1 aliphatic rings. The second-order valence-corrected chi connectivity index (χ2v) is 15.2. The van der Waals surface area contributed by atoms with Gasteiger partial charge in [-0.2, -0.15) is 0 Å². The fourth-order valence-electron chi connectivity index (χ4n) is 6.07. The summed E-state index contributed by atoms with van der Waals surface area (Å²) in [7, 11) is 0. The highest BCUT2D eigenvalue weighted by atomic mass is 16.3. The molecular weight excluding hydrogens is 742 g/mol. The number of guanidine groups is 1. The van der Waals surface area contributed by atoms with E-state index in [1.165, 1.54) is 30.9 Å². The lowest BCUT2D eigenvalue weighted by molar-refractivity contribution is -0.139. The van der Waals surface area contributed by atoms with Crippen LogP contribution in [0, 0.1) is 11.8 Å². The van der Waals surface area contributed by atoms with Gasteiger partial charge in [0, 0.05) is 25.9 Å². The molecule has 0 unspecified atom stereocenters. The molecule has 20 nitrogen and oxygen atoms in total. The summed E-state index contributed by atoms with van der Waals surface area (Å²) in [6, 6.07) is -1.82. The van der Waals surface area contributed by atoms with Gasteiger partial charge in [-0.1, -0.05) is 39.8 Å². The summed E-state index contributed by atoms with van der Waals surface area (Å²) in [5, 5.41) is 33.4. The molecule has 7 amide bonds. The molecule has 1 heterocycles. The molecule has 0 radical (unpaired) electrons. The number of aromatic hydroxyl groups is 1. The molecule has 318 valence electrons. The Bertz CT molecular complexity index is 1600. The fourth-order valence-corrected chi connectivity index (χ4v) is 6.07. The van der Waals surface area contributed by atoms with Crippen LogP contribution in [-0.4, -0.2) is 124 Å². The molecule has 0 spiro atoms. The van der Waals surface area contributed by atoms with Crippen molar-refractivity contribution in [3.63, 3.8) is 0 Å². The Kier molecular flexibility index (Phi) is 18.6. The van der Waals surface area contributed by atoms with Crippen LogP contribution >= 0.6 is 0 Å². The maximum atomic E-state index is 13.7. The van der Waals surface area contributed by atoms with E-state index < -0.39 is 95.7 Å². The van der Waals surface area contributed by atoms with Gasteiger partial charge in [0.2, 0.25) is 41.4 Å². The standard InChI is InChI=1S/C37H61N11O9/c1-18(2)14-27(34(55)43-20(5)31(39)52)48-17-23(16-28(48)51)44-35(56)29(19(3)4)46-36(57)30(21(6)49)47-33(54)26(15-22-9-11-24(50)12-10-22)45-32(53)25(38)8-7-13-42-37(40)41/h9-12,18-21,23,25-27,29-30,49-50H,7-8,13-17,38H2,1-6H3,(H2,39,52)(H,43,55)(H,44,56)(H,45,53)(H,46,57)(H,47,54)(H4,40,41,42)/t20-,21-,23+,25-,26-,27-,29-,30-/m1/s1. The smallest absolute Gasteiger partial charge is 0.245 e. The first-order valence-electron chi connectivity index (χ1n) is 19.0. The predicted molar refractivity (Wildman–Crippen MR) is 210 cm³/mol. The molecular formula is C37H61N11O9. The van der Waals surface area contributed by atoms with Gasteiger partial charge in [-0.3, -0.25) is 38.6 Å². The predicted octanol–water partition coefficient (Wildman–Crippen LogP) is -3.07. The summed E-state index contributed by atoms with van der Waals surface area (Å²) < 4.78 is 0. The minimum Gasteiger partial charge on any atom is -0.508 e. The highest BCUT2D eigenvalue weighted by Gasteiger charge is 2.40. The van der Waals surface area contributed by atoms with E-state index in [9.17, 15) is 43.8 Å². The third-order valence-corrected chi connectivity index (χ3v) is 9.29. The van der Waals surface area contributed by atoms with Gasteiger partial charge < -0.3 is 64.6 Å². The minimum atomic E-state index is -1.58. The van der Waals surface area contributed by atoms with Gasteiger partial charge >= 0.3 is 0 Å². The summed E-state index contributed by atoms with van der Waals surface area (Å²) in [5.41, 5.74) is 22.6. The molecule has 57 heavy (non-hydrogen) atoms. The van der Waals surface area contributed by atoms with E-state index in [0.717, 1.165) is 0 Å². The van der Waals surface area contributed by atoms with E-state index in [4.69, 9.17) is 22.9 Å². The van der Waals surface area contributed by atoms with Gasteiger partial charge in [-0.15, -0.1) is 0 Å². The highest BCUT2D eigenvalue weighted by molar-refractivity contribution is 5.96. The summed E-state index contributed by atoms with van der Waals surface area (Å²) in [5.74, 6) is -5.38. The molecule has 1 saturated heterocycles. The van der Waals surface area contributed by atoms with Crippen molar-refractivity contribution in [2.45, 2.75) is 122 Å². The minimum absolute atomic E-state index is 0.00113. The Labute approximate surface area is 332 Å². The van der Waals surface area contributed by atoms with E-state index >= 15 is 0 Å². The first-order valence-corrected chi connectivity index (χ1v) is 19.0. The van der Waals surface area contributed by atoms with Crippen molar-refractivity contribution in [3.05, 3.63) is 29.8 Å². The van der Waals surface area contributed by atoms with E-state index in [-0.39, 0.29) is 56.4 Å². The van der Waals surface area contributed by atoms with E-state index in [1.54, 1.807) is 26.0 Å². The molecule has 1 aromatic carbocycles. The lowest BCUT2D eigenvalue weighted by Gasteiger charge is -2.30. The average molecular weight is 804 g/mol. The number of nitrogens with two attached hydrogens (primary N) is 4. The molecule has 2 rings (SSSR count). The zero-order valence-corrected chi connectivity index (χ0v) is 33.5. The summed E-state index contributed by atoms with van der Waals surface area (Å²) in [6.07, 6.45) is -0.824. The fraction of sp³-hybridized carbons (Fsp3) is 0.622. The second-order valence-electron chi connectivity index (χ2n) is 15.2. The number of carbonyl (C=O) groups is 7. The normalized spacial score (nSPS) is 17.7. The Morgan fingerprint density at radius 2 is 1.46 bits per heavy atom. The van der Waals surface area contributed by atoms with Crippen LogP contribution in [0.25, 0.3) is 0 Å². The number of aliphatic imine (C=N–C) groups is 1. The average Bonchev–Trinajstić information content (AvgIpc) is 3.48. The van der Waals surface area contributed by atoms with Crippen molar-refractivity contribution in [1.82, 2.24) is 31.5 Å². The topological polar surface area (TPSA) is 340 Å². The highest BCUT2D eigenvalue weighted by Crippen LogP contribution is 2.21. The van der Waals surface area contributed by atoms with Gasteiger partial charge in [0.1, 0.15) is 36.0 Å². The van der Waals surface area contributed by atoms with E-state index in [1.807, 2.05) is 13.8 Å². The lowest BCUT2D eigenvalue weighted by atomic mass is 10.0. The Morgan fingerprint density at radius 3 is 2.00 bits per heavy atom. The van der Waals surface area contributed by atoms with Gasteiger partial charge in [0.25, 0.3) is 0 Å². The molecule has 0 aliphatic carbocycles. The van der Waals surface area contributed by atoms with Crippen LogP contribution in [0.5, 0.6) is 5.75 Å². The summed E-state index contributed by atoms with van der Waals surface area (Å²) in [6.45, 7) is 9.99. The van der Waals surface area contributed by atoms with Gasteiger partial charge in [-0.05, 0) is 62.6 Å². The number of benzene rings is 1. The van der Waals surface area contributed by atoms with Crippen molar-refractivity contribution >= 4 is 47.3 Å². The Morgan fingerprint density at radius 1 is 0.842 bits per heavy atom. The van der Waals surface area contributed by atoms with Crippen molar-refractivity contribution in [2.75, 3.05) is 13.1 Å². The summed E-state index contributed by atoms with van der Waals surface area (Å²) >= 11 is 0. The van der Waals surface area contributed by atoms with E-state index in [2.05, 4.69) is 31.6 Å². The molecule has 15 N–H and O–H groups in total. The number of hydrogen-bond acceptors (Lipinski definition) is 11. The lowest BCUT2D eigenvalue weighted by Crippen LogP contribution is -2.61. The number of nitrogens with one attached hydrogen (secondary N) is 5. The molecule has 1 fully saturated rings. The second kappa shape index (κ2) is 22.3. The Balaban J connectivity index is 2.20. The first-order chi connectivity index (χ1) is 26.6. The molecule has 1 aromatic rings. The van der Waals surface area contributed by atoms with Crippen LogP contribution in [0.3, 0.4) is 0 Å². The molecule has 20 heteroatoms. The van der Waals surface area contributed by atoms with Gasteiger partial charge in [0.15, 0.2) is 5.96 Å². The van der Waals surface area contributed by atoms with Crippen LogP contribution in [-0.2, 0) is 40.0 Å². The van der Waals surface area contributed by atoms with Crippen molar-refractivity contribution in [1.29, 1.82) is 0 Å². The third kappa shape index (κ3) is 15.5. The third-order valence-electron chi connectivity index (χ3n) is 9.29. The zero-order valence-electron chi connectivity index (χ0n) is 33.5. The van der Waals surface area contributed by atoms with Crippen molar-refractivity contribution in [3.8, 4) is 5.75 Å². The van der Waals surface area contributed by atoms with Gasteiger partial charge in [0.05, 0.1) is 18.2 Å². The molecule has 0 aromatic heterocycles. The van der Waals surface area contributed by atoms with Crippen LogP contribution in [0.4, 0.5) is 0 Å². The van der Waals surface area contributed by atoms with Crippen molar-refractivity contribution < 1.29 is 43.8 Å². The largest absolute Gasteiger partial charge is 0.508 e. The molecule has 0 bridgehead atoms. The quantitative estimate of drug-likeness (QED) is 0.0316. The Hall–Kier alpha value is -5.50. The van der Waals surface area contributed by atoms with Crippen LogP contribution < -0.4 is 49.5 Å². The van der Waals surface area contributed by atoms with Gasteiger partial charge in [-0.25, -0.2) is 0 Å². The molecule has 8 atom stereocenters. The first kappa shape index (κ1) is 47.7. The number of phenols is 1. The number of phenolic OH excluding ortho intramolecular Hbond substituents is 1. The number of rotatable bonds is 22. The van der Waals surface area contributed by atoms with Crippen molar-refractivity contribution in [2.24, 2.45) is 39.8 Å². The number of hydrogen-bond donors (Lipinski definition) is 11. The number of nitrogens with zero attached hydrogens (tertiary/aromatic N) is 2. The molecule has 1 aliphatic heterocycles. The maximum absolute atomic E-state index is 13.7. The number of primary amides is 1.